The molecule has 176 valence electrons. The van der Waals surface area contributed by atoms with Crippen molar-refractivity contribution in [2.24, 2.45) is 5.92 Å². The lowest BCUT2D eigenvalue weighted by molar-refractivity contribution is 0.0739. The molecule has 0 spiro atoms. The monoisotopic (exact) mass is 459 g/mol. The molecule has 0 bridgehead atoms. The molecule has 1 saturated carbocycles. The number of hydrogen-bond donors (Lipinski definition) is 1. The number of hydrogen-bond acceptors (Lipinski definition) is 8. The van der Waals surface area contributed by atoms with E-state index in [1.165, 1.54) is 0 Å². The number of aromatic nitrogens is 3. The van der Waals surface area contributed by atoms with Gasteiger partial charge in [0.2, 0.25) is 0 Å². The molecule has 8 nitrogen and oxygen atoms in total. The van der Waals surface area contributed by atoms with Crippen molar-refractivity contribution < 1.29 is 14.3 Å². The van der Waals surface area contributed by atoms with Gasteiger partial charge in [-0.05, 0) is 49.1 Å². The number of Topliss-reactive ketones (excluding diaryl/α,β-unsaturated/α-hetero) is 1. The van der Waals surface area contributed by atoms with Gasteiger partial charge in [0.1, 0.15) is 11.4 Å². The maximum atomic E-state index is 13.2. The molecule has 2 fully saturated rings. The first-order valence-electron chi connectivity index (χ1n) is 11.7. The third-order valence-electron chi connectivity index (χ3n) is 6.43. The summed E-state index contributed by atoms with van der Waals surface area (Å²) in [6.07, 6.45) is 7.72. The summed E-state index contributed by atoms with van der Waals surface area (Å²) >= 11 is 0. The molecule has 0 amide bonds. The molecule has 2 aliphatic rings. The third-order valence-corrected chi connectivity index (χ3v) is 6.43. The number of pyridine rings is 1. The zero-order chi connectivity index (χ0) is 23.5. The maximum absolute atomic E-state index is 13.2. The van der Waals surface area contributed by atoms with Gasteiger partial charge in [-0.3, -0.25) is 9.78 Å². The summed E-state index contributed by atoms with van der Waals surface area (Å²) in [6, 6.07) is 9.67. The average Bonchev–Trinajstić information content (AvgIpc) is 2.85. The van der Waals surface area contributed by atoms with Crippen molar-refractivity contribution in [2.75, 3.05) is 36.9 Å². The SMILES string of the molecule is CC1CC(Oc2ccc(-c3cnc(N)c(C(=O)Cc4cnccc4N4CCOCC4)n3)cc2)C1. The Morgan fingerprint density at radius 2 is 1.91 bits per heavy atom. The first-order valence-corrected chi connectivity index (χ1v) is 11.7. The van der Waals surface area contributed by atoms with Crippen molar-refractivity contribution in [3.63, 3.8) is 0 Å². The van der Waals surface area contributed by atoms with Crippen molar-refractivity contribution in [3.05, 3.63) is 60.2 Å². The number of nitrogens with two attached hydrogens (primary N) is 1. The van der Waals surface area contributed by atoms with E-state index in [9.17, 15) is 4.79 Å². The molecule has 3 heterocycles. The van der Waals surface area contributed by atoms with Crippen LogP contribution < -0.4 is 15.4 Å². The van der Waals surface area contributed by atoms with Gasteiger partial charge in [0.25, 0.3) is 0 Å². The van der Waals surface area contributed by atoms with E-state index < -0.39 is 0 Å². The number of anilines is 2. The summed E-state index contributed by atoms with van der Waals surface area (Å²) in [6.45, 7) is 5.13. The van der Waals surface area contributed by atoms with Crippen LogP contribution >= 0.6 is 0 Å². The van der Waals surface area contributed by atoms with E-state index in [1.54, 1.807) is 18.6 Å². The molecule has 1 aliphatic carbocycles. The van der Waals surface area contributed by atoms with Crippen molar-refractivity contribution in [1.82, 2.24) is 15.0 Å². The van der Waals surface area contributed by atoms with Crippen LogP contribution in [0.2, 0.25) is 0 Å². The molecule has 1 saturated heterocycles. The molecule has 0 atom stereocenters. The number of rotatable bonds is 7. The molecular formula is C26H29N5O3. The van der Waals surface area contributed by atoms with E-state index >= 15 is 0 Å². The maximum Gasteiger partial charge on any atom is 0.189 e. The Labute approximate surface area is 199 Å². The topological polar surface area (TPSA) is 103 Å². The summed E-state index contributed by atoms with van der Waals surface area (Å²) < 4.78 is 11.4. The Morgan fingerprint density at radius 1 is 1.15 bits per heavy atom. The Hall–Kier alpha value is -3.52. The zero-order valence-corrected chi connectivity index (χ0v) is 19.3. The van der Waals surface area contributed by atoms with Crippen LogP contribution in [0.4, 0.5) is 11.5 Å². The van der Waals surface area contributed by atoms with Gasteiger partial charge in [0.05, 0.1) is 31.2 Å². The van der Waals surface area contributed by atoms with Crippen LogP contribution in [0, 0.1) is 5.92 Å². The number of ketones is 1. The van der Waals surface area contributed by atoms with E-state index in [1.807, 2.05) is 30.3 Å². The quantitative estimate of drug-likeness (QED) is 0.535. The Bertz CT molecular complexity index is 1160. The standard InChI is InChI=1S/C26H29N5O3/c1-17-12-21(13-17)34-20-4-2-18(3-5-20)22-16-29-26(27)25(30-22)24(32)14-19-15-28-7-6-23(19)31-8-10-33-11-9-31/h2-7,15-17,21H,8-14H2,1H3,(H2,27,29). The Balaban J connectivity index is 1.33. The van der Waals surface area contributed by atoms with Crippen LogP contribution in [-0.4, -0.2) is 53.1 Å². The largest absolute Gasteiger partial charge is 0.490 e. The normalized spacial score (nSPS) is 20.0. The van der Waals surface area contributed by atoms with Gasteiger partial charge in [-0.1, -0.05) is 6.92 Å². The molecule has 34 heavy (non-hydrogen) atoms. The van der Waals surface area contributed by atoms with Crippen molar-refractivity contribution >= 4 is 17.3 Å². The van der Waals surface area contributed by atoms with Crippen LogP contribution in [0.1, 0.15) is 35.8 Å². The fourth-order valence-electron chi connectivity index (χ4n) is 4.49. The number of nitrogen functional groups attached to an aromatic ring is 1. The highest BCUT2D eigenvalue weighted by molar-refractivity contribution is 6.00. The molecule has 5 rings (SSSR count). The van der Waals surface area contributed by atoms with E-state index in [0.717, 1.165) is 54.4 Å². The summed E-state index contributed by atoms with van der Waals surface area (Å²) in [5, 5.41) is 0. The van der Waals surface area contributed by atoms with Crippen molar-refractivity contribution in [2.45, 2.75) is 32.3 Å². The molecule has 2 aromatic heterocycles. The van der Waals surface area contributed by atoms with Crippen LogP contribution in [0.3, 0.4) is 0 Å². The van der Waals surface area contributed by atoms with Crippen LogP contribution in [0.15, 0.2) is 48.9 Å². The minimum Gasteiger partial charge on any atom is -0.490 e. The Morgan fingerprint density at radius 3 is 2.65 bits per heavy atom. The van der Waals surface area contributed by atoms with E-state index in [2.05, 4.69) is 26.8 Å². The molecule has 8 heteroatoms. The summed E-state index contributed by atoms with van der Waals surface area (Å²) in [7, 11) is 0. The number of ether oxygens (including phenoxy) is 2. The number of carbonyl (C=O) groups excluding carboxylic acids is 1. The lowest BCUT2D eigenvalue weighted by atomic mass is 9.84. The fraction of sp³-hybridized carbons (Fsp3) is 0.385. The number of morpholine rings is 1. The van der Waals surface area contributed by atoms with Gasteiger partial charge >= 0.3 is 0 Å². The highest BCUT2D eigenvalue weighted by atomic mass is 16.5. The fourth-order valence-corrected chi connectivity index (χ4v) is 4.49. The molecular weight excluding hydrogens is 430 g/mol. The van der Waals surface area contributed by atoms with Crippen molar-refractivity contribution in [1.29, 1.82) is 0 Å². The van der Waals surface area contributed by atoms with E-state index in [-0.39, 0.29) is 23.7 Å². The summed E-state index contributed by atoms with van der Waals surface area (Å²) in [4.78, 5) is 28.5. The lowest BCUT2D eigenvalue weighted by Crippen LogP contribution is -2.37. The average molecular weight is 460 g/mol. The minimum absolute atomic E-state index is 0.129. The second-order valence-corrected chi connectivity index (χ2v) is 9.03. The number of benzene rings is 1. The molecule has 0 unspecified atom stereocenters. The van der Waals surface area contributed by atoms with Gasteiger partial charge in [-0.15, -0.1) is 0 Å². The Kier molecular flexibility index (Phi) is 6.40. The van der Waals surface area contributed by atoms with Gasteiger partial charge in [0, 0.05) is 48.7 Å². The zero-order valence-electron chi connectivity index (χ0n) is 19.3. The molecule has 1 aliphatic heterocycles. The van der Waals surface area contributed by atoms with Gasteiger partial charge < -0.3 is 20.1 Å². The third kappa shape index (κ3) is 4.87. The van der Waals surface area contributed by atoms with Crippen LogP contribution in [0.5, 0.6) is 5.75 Å². The summed E-state index contributed by atoms with van der Waals surface area (Å²) in [5.41, 5.74) is 9.52. The molecule has 0 radical (unpaired) electrons. The predicted octanol–water partition coefficient (Wildman–Crippen LogP) is 3.56. The number of carbonyl (C=O) groups is 1. The molecule has 1 aromatic carbocycles. The van der Waals surface area contributed by atoms with Gasteiger partial charge in [-0.2, -0.15) is 0 Å². The van der Waals surface area contributed by atoms with Crippen LogP contribution in [-0.2, 0) is 11.2 Å². The molecule has 3 aromatic rings. The highest BCUT2D eigenvalue weighted by Gasteiger charge is 2.27. The van der Waals surface area contributed by atoms with Crippen LogP contribution in [0.25, 0.3) is 11.3 Å². The second kappa shape index (κ2) is 9.77. The highest BCUT2D eigenvalue weighted by Crippen LogP contribution is 2.31. The second-order valence-electron chi connectivity index (χ2n) is 9.03. The van der Waals surface area contributed by atoms with Gasteiger partial charge in [0.15, 0.2) is 11.6 Å². The van der Waals surface area contributed by atoms with Crippen molar-refractivity contribution in [3.8, 4) is 17.0 Å². The van der Waals surface area contributed by atoms with Gasteiger partial charge in [-0.25, -0.2) is 9.97 Å². The lowest BCUT2D eigenvalue weighted by Gasteiger charge is -2.32. The first kappa shape index (κ1) is 22.3. The number of nitrogens with zero attached hydrogens (tertiary/aromatic N) is 4. The van der Waals surface area contributed by atoms with E-state index in [0.29, 0.717) is 25.0 Å². The minimum atomic E-state index is -0.187. The molecule has 2 N–H and O–H groups in total. The summed E-state index contributed by atoms with van der Waals surface area (Å²) in [5.74, 6) is 1.52. The predicted molar refractivity (Wildman–Crippen MR) is 130 cm³/mol. The smallest absolute Gasteiger partial charge is 0.189 e. The van der Waals surface area contributed by atoms with E-state index in [4.69, 9.17) is 15.2 Å². The first-order chi connectivity index (χ1) is 16.6.